The molecule has 1 rings (SSSR count). The molecule has 0 atom stereocenters. The first kappa shape index (κ1) is 20.4. The van der Waals surface area contributed by atoms with Gasteiger partial charge in [-0.1, -0.05) is 13.8 Å². The van der Waals surface area contributed by atoms with Gasteiger partial charge in [-0.05, 0) is 18.9 Å². The molecule has 0 spiro atoms. The highest BCUT2D eigenvalue weighted by Gasteiger charge is 2.21. The normalized spacial score (nSPS) is 10.1. The molecule has 3 N–H and O–H groups in total. The Labute approximate surface area is 125 Å². The van der Waals surface area contributed by atoms with E-state index < -0.39 is 17.3 Å². The summed E-state index contributed by atoms with van der Waals surface area (Å²) in [6.07, 6.45) is 3.91. The quantitative estimate of drug-likeness (QED) is 0.877. The first-order valence-electron chi connectivity index (χ1n) is 5.69. The fourth-order valence-corrected chi connectivity index (χ4v) is 1.41. The zero-order valence-corrected chi connectivity index (χ0v) is 12.6. The van der Waals surface area contributed by atoms with Crippen molar-refractivity contribution in [3.8, 4) is 0 Å². The molecular weight excluding hydrogens is 292 g/mol. The summed E-state index contributed by atoms with van der Waals surface area (Å²) in [5.74, 6) is -1.08. The van der Waals surface area contributed by atoms with Crippen molar-refractivity contribution in [3.63, 3.8) is 0 Å². The maximum atomic E-state index is 13.3. The number of carbonyl (C=O) groups excluding carboxylic acids is 1. The van der Waals surface area contributed by atoms with Gasteiger partial charge in [0.25, 0.3) is 5.91 Å². The predicted octanol–water partition coefficient (Wildman–Crippen LogP) is 2.31. The molecule has 0 fully saturated rings. The molecule has 0 aliphatic rings. The molecule has 4 nitrogen and oxygen atoms in total. The Hall–Kier alpha value is -0.910. The topological polar surface area (TPSA) is 68.0 Å². The summed E-state index contributed by atoms with van der Waals surface area (Å²) in [5.41, 5.74) is 5.60. The summed E-state index contributed by atoms with van der Waals surface area (Å²) in [6, 6.07) is 1.35. The standard InChI is InChI=1S/C12H18FN3O.2ClH/c1-3-12(14,4-2)8-16-11(17)9-5-6-15-7-10(9)13;;/h5-7H,3-4,8,14H2,1-2H3,(H,16,17);2*1H. The Bertz CT molecular complexity index is 400. The minimum Gasteiger partial charge on any atom is -0.350 e. The van der Waals surface area contributed by atoms with Gasteiger partial charge in [0.2, 0.25) is 0 Å². The van der Waals surface area contributed by atoms with E-state index in [0.29, 0.717) is 6.54 Å². The molecule has 1 aromatic rings. The maximum Gasteiger partial charge on any atom is 0.254 e. The third-order valence-electron chi connectivity index (χ3n) is 3.03. The fraction of sp³-hybridized carbons (Fsp3) is 0.500. The highest BCUT2D eigenvalue weighted by molar-refractivity contribution is 5.94. The minimum absolute atomic E-state index is 0. The number of carbonyl (C=O) groups is 1. The predicted molar refractivity (Wildman–Crippen MR) is 78.5 cm³/mol. The van der Waals surface area contributed by atoms with Crippen molar-refractivity contribution in [1.29, 1.82) is 0 Å². The summed E-state index contributed by atoms with van der Waals surface area (Å²) >= 11 is 0. The molecule has 0 aliphatic carbocycles. The van der Waals surface area contributed by atoms with Crippen LogP contribution in [0.25, 0.3) is 0 Å². The molecule has 0 unspecified atom stereocenters. The molecule has 7 heteroatoms. The van der Waals surface area contributed by atoms with Crippen LogP contribution in [0.1, 0.15) is 37.0 Å². The fourth-order valence-electron chi connectivity index (χ4n) is 1.41. The summed E-state index contributed by atoms with van der Waals surface area (Å²) in [6.45, 7) is 4.26. The van der Waals surface area contributed by atoms with Crippen molar-refractivity contribution >= 4 is 30.7 Å². The van der Waals surface area contributed by atoms with Gasteiger partial charge >= 0.3 is 0 Å². The van der Waals surface area contributed by atoms with E-state index in [9.17, 15) is 9.18 Å². The lowest BCUT2D eigenvalue weighted by Gasteiger charge is -2.26. The van der Waals surface area contributed by atoms with Crippen LogP contribution in [0.2, 0.25) is 0 Å². The number of nitrogens with two attached hydrogens (primary N) is 1. The van der Waals surface area contributed by atoms with Gasteiger partial charge in [0.1, 0.15) is 0 Å². The number of nitrogens with zero attached hydrogens (tertiary/aromatic N) is 1. The van der Waals surface area contributed by atoms with Gasteiger partial charge in [0.15, 0.2) is 5.82 Å². The highest BCUT2D eigenvalue weighted by atomic mass is 35.5. The van der Waals surface area contributed by atoms with Crippen LogP contribution in [0.15, 0.2) is 18.5 Å². The Morgan fingerprint density at radius 3 is 2.47 bits per heavy atom. The molecule has 0 saturated carbocycles. The Kier molecular flexibility index (Phi) is 9.74. The zero-order chi connectivity index (χ0) is 12.9. The summed E-state index contributed by atoms with van der Waals surface area (Å²) in [7, 11) is 0. The van der Waals surface area contributed by atoms with Crippen molar-refractivity contribution in [2.24, 2.45) is 5.73 Å². The molecule has 1 aromatic heterocycles. The van der Waals surface area contributed by atoms with E-state index in [0.717, 1.165) is 19.0 Å². The average molecular weight is 312 g/mol. The van der Waals surface area contributed by atoms with E-state index in [2.05, 4.69) is 10.3 Å². The van der Waals surface area contributed by atoms with E-state index in [4.69, 9.17) is 5.73 Å². The van der Waals surface area contributed by atoms with Gasteiger partial charge < -0.3 is 11.1 Å². The van der Waals surface area contributed by atoms with Crippen molar-refractivity contribution < 1.29 is 9.18 Å². The average Bonchev–Trinajstić information content (AvgIpc) is 2.36. The van der Waals surface area contributed by atoms with Gasteiger partial charge in [-0.15, -0.1) is 24.8 Å². The van der Waals surface area contributed by atoms with Crippen LogP contribution in [0.3, 0.4) is 0 Å². The number of hydrogen-bond donors (Lipinski definition) is 2. The Morgan fingerprint density at radius 1 is 1.42 bits per heavy atom. The molecule has 1 heterocycles. The van der Waals surface area contributed by atoms with E-state index in [1.54, 1.807) is 0 Å². The van der Waals surface area contributed by atoms with Gasteiger partial charge in [0, 0.05) is 18.3 Å². The lowest BCUT2D eigenvalue weighted by Crippen LogP contribution is -2.49. The molecule has 110 valence electrons. The van der Waals surface area contributed by atoms with Gasteiger partial charge in [-0.3, -0.25) is 9.78 Å². The van der Waals surface area contributed by atoms with Crippen molar-refractivity contribution in [3.05, 3.63) is 29.8 Å². The molecule has 0 aromatic carbocycles. The first-order chi connectivity index (χ1) is 8.02. The Balaban J connectivity index is 0. The lowest BCUT2D eigenvalue weighted by atomic mass is 9.94. The van der Waals surface area contributed by atoms with Gasteiger partial charge in [0.05, 0.1) is 11.8 Å². The van der Waals surface area contributed by atoms with Crippen molar-refractivity contribution in [1.82, 2.24) is 10.3 Å². The molecular formula is C12H20Cl2FN3O. The van der Waals surface area contributed by atoms with Crippen LogP contribution in [-0.4, -0.2) is 23.0 Å². The first-order valence-corrected chi connectivity index (χ1v) is 5.69. The van der Waals surface area contributed by atoms with Crippen LogP contribution in [0.4, 0.5) is 4.39 Å². The maximum absolute atomic E-state index is 13.3. The number of amides is 1. The molecule has 0 radical (unpaired) electrons. The smallest absolute Gasteiger partial charge is 0.254 e. The molecule has 0 bridgehead atoms. The van der Waals surface area contributed by atoms with Crippen molar-refractivity contribution in [2.75, 3.05) is 6.54 Å². The minimum atomic E-state index is -0.624. The largest absolute Gasteiger partial charge is 0.350 e. The van der Waals surface area contributed by atoms with Crippen LogP contribution in [0, 0.1) is 5.82 Å². The van der Waals surface area contributed by atoms with Gasteiger partial charge in [-0.2, -0.15) is 0 Å². The molecule has 0 aliphatic heterocycles. The summed E-state index contributed by atoms with van der Waals surface area (Å²) < 4.78 is 13.3. The number of rotatable bonds is 5. The molecule has 19 heavy (non-hydrogen) atoms. The SMILES string of the molecule is CCC(N)(CC)CNC(=O)c1ccncc1F.Cl.Cl. The van der Waals surface area contributed by atoms with E-state index in [1.165, 1.54) is 12.3 Å². The molecule has 1 amide bonds. The van der Waals surface area contributed by atoms with Crippen LogP contribution >= 0.6 is 24.8 Å². The van der Waals surface area contributed by atoms with Crippen LogP contribution in [-0.2, 0) is 0 Å². The second-order valence-corrected chi connectivity index (χ2v) is 4.11. The van der Waals surface area contributed by atoms with E-state index >= 15 is 0 Å². The van der Waals surface area contributed by atoms with Crippen LogP contribution in [0.5, 0.6) is 0 Å². The number of nitrogens with one attached hydrogen (secondary N) is 1. The monoisotopic (exact) mass is 311 g/mol. The number of hydrogen-bond acceptors (Lipinski definition) is 3. The van der Waals surface area contributed by atoms with E-state index in [-0.39, 0.29) is 30.4 Å². The summed E-state index contributed by atoms with van der Waals surface area (Å²) in [5, 5.41) is 2.65. The number of halogens is 3. The number of pyridine rings is 1. The molecule has 0 saturated heterocycles. The second kappa shape index (κ2) is 9.07. The third-order valence-corrected chi connectivity index (χ3v) is 3.03. The second-order valence-electron chi connectivity index (χ2n) is 4.11. The summed E-state index contributed by atoms with van der Waals surface area (Å²) in [4.78, 5) is 15.3. The van der Waals surface area contributed by atoms with Gasteiger partial charge in [-0.25, -0.2) is 4.39 Å². The number of aromatic nitrogens is 1. The lowest BCUT2D eigenvalue weighted by molar-refractivity contribution is 0.0938. The third kappa shape index (κ3) is 5.72. The zero-order valence-electron chi connectivity index (χ0n) is 11.0. The Morgan fingerprint density at radius 2 is 2.00 bits per heavy atom. The highest BCUT2D eigenvalue weighted by Crippen LogP contribution is 2.10. The van der Waals surface area contributed by atoms with Crippen LogP contribution < -0.4 is 11.1 Å². The van der Waals surface area contributed by atoms with Crippen molar-refractivity contribution in [2.45, 2.75) is 32.2 Å². The van der Waals surface area contributed by atoms with E-state index in [1.807, 2.05) is 13.8 Å².